The Balaban J connectivity index is 1.72. The molecule has 88 valence electrons. The normalized spacial score (nSPS) is 24.6. The van der Waals surface area contributed by atoms with Gasteiger partial charge < -0.3 is 15.5 Å². The Morgan fingerprint density at radius 2 is 2.44 bits per heavy atom. The number of nitrogens with two attached hydrogens (primary N) is 1. The van der Waals surface area contributed by atoms with Crippen LogP contribution in [0.15, 0.2) is 22.8 Å². The molecule has 1 heterocycles. The predicted molar refractivity (Wildman–Crippen MR) is 60.5 cm³/mol. The van der Waals surface area contributed by atoms with Crippen molar-refractivity contribution in [2.75, 3.05) is 0 Å². The largest absolute Gasteiger partial charge is 0.467 e. The van der Waals surface area contributed by atoms with Gasteiger partial charge >= 0.3 is 0 Å². The van der Waals surface area contributed by atoms with Crippen LogP contribution >= 0.6 is 0 Å². The number of hydrogen-bond donors (Lipinski definition) is 2. The Hall–Kier alpha value is -1.29. The number of hydrogen-bond acceptors (Lipinski definition) is 3. The number of carbonyl (C=O) groups is 1. The molecule has 0 bridgehead atoms. The highest BCUT2D eigenvalue weighted by Gasteiger charge is 2.25. The van der Waals surface area contributed by atoms with Gasteiger partial charge in [0.1, 0.15) is 5.76 Å². The van der Waals surface area contributed by atoms with Crippen LogP contribution in [0.3, 0.4) is 0 Å². The van der Waals surface area contributed by atoms with E-state index in [4.69, 9.17) is 10.2 Å². The van der Waals surface area contributed by atoms with Crippen LogP contribution in [0, 0.1) is 5.92 Å². The maximum absolute atomic E-state index is 11.6. The molecule has 1 amide bonds. The summed E-state index contributed by atoms with van der Waals surface area (Å²) in [5.41, 5.74) is 5.92. The average molecular weight is 222 g/mol. The van der Waals surface area contributed by atoms with Crippen molar-refractivity contribution in [2.24, 2.45) is 11.7 Å². The van der Waals surface area contributed by atoms with Gasteiger partial charge in [-0.2, -0.15) is 0 Å². The lowest BCUT2D eigenvalue weighted by atomic mass is 10.00. The molecule has 1 saturated carbocycles. The minimum absolute atomic E-state index is 0.0683. The van der Waals surface area contributed by atoms with E-state index in [1.807, 2.05) is 12.1 Å². The molecule has 4 heteroatoms. The number of carbonyl (C=O) groups excluding carboxylic acids is 1. The molecule has 2 atom stereocenters. The van der Waals surface area contributed by atoms with Crippen LogP contribution in [-0.4, -0.2) is 11.9 Å². The second-order valence-corrected chi connectivity index (χ2v) is 4.42. The molecule has 2 rings (SSSR count). The third-order valence-corrected chi connectivity index (χ3v) is 3.21. The van der Waals surface area contributed by atoms with Gasteiger partial charge in [-0.1, -0.05) is 6.42 Å². The third kappa shape index (κ3) is 2.85. The summed E-state index contributed by atoms with van der Waals surface area (Å²) in [6, 6.07) is 3.87. The number of amides is 1. The second-order valence-electron chi connectivity index (χ2n) is 4.42. The highest BCUT2D eigenvalue weighted by Crippen LogP contribution is 2.26. The smallest absolute Gasteiger partial charge is 0.220 e. The van der Waals surface area contributed by atoms with E-state index in [2.05, 4.69) is 5.32 Å². The lowest BCUT2D eigenvalue weighted by molar-refractivity contribution is -0.122. The second kappa shape index (κ2) is 5.16. The van der Waals surface area contributed by atoms with Crippen molar-refractivity contribution in [3.8, 4) is 0 Å². The molecule has 1 aliphatic rings. The van der Waals surface area contributed by atoms with E-state index in [1.165, 1.54) is 0 Å². The fourth-order valence-electron chi connectivity index (χ4n) is 2.23. The van der Waals surface area contributed by atoms with Gasteiger partial charge in [0.05, 0.1) is 12.8 Å². The fraction of sp³-hybridized carbons (Fsp3) is 0.583. The summed E-state index contributed by atoms with van der Waals surface area (Å²) >= 11 is 0. The Bertz CT molecular complexity index is 335. The summed E-state index contributed by atoms with van der Waals surface area (Å²) in [7, 11) is 0. The first-order valence-corrected chi connectivity index (χ1v) is 5.80. The number of nitrogens with one attached hydrogen (secondary N) is 1. The van der Waals surface area contributed by atoms with E-state index in [0.29, 0.717) is 18.9 Å². The molecule has 1 fully saturated rings. The van der Waals surface area contributed by atoms with E-state index in [9.17, 15) is 4.79 Å². The van der Waals surface area contributed by atoms with Crippen LogP contribution in [0.1, 0.15) is 31.4 Å². The molecule has 0 spiro atoms. The zero-order valence-corrected chi connectivity index (χ0v) is 9.32. The lowest BCUT2D eigenvalue weighted by Crippen LogP contribution is -2.31. The zero-order valence-electron chi connectivity index (χ0n) is 9.32. The van der Waals surface area contributed by atoms with E-state index in [-0.39, 0.29) is 11.9 Å². The highest BCUT2D eigenvalue weighted by atomic mass is 16.3. The number of furan rings is 1. The van der Waals surface area contributed by atoms with E-state index in [1.54, 1.807) is 6.26 Å². The molecule has 0 unspecified atom stereocenters. The van der Waals surface area contributed by atoms with Gasteiger partial charge in [-0.15, -0.1) is 0 Å². The van der Waals surface area contributed by atoms with Crippen LogP contribution in [0.25, 0.3) is 0 Å². The third-order valence-electron chi connectivity index (χ3n) is 3.21. The summed E-state index contributed by atoms with van der Waals surface area (Å²) in [6.45, 7) is 0.466. The van der Waals surface area contributed by atoms with E-state index >= 15 is 0 Å². The van der Waals surface area contributed by atoms with Crippen LogP contribution in [-0.2, 0) is 11.3 Å². The first-order valence-electron chi connectivity index (χ1n) is 5.80. The fourth-order valence-corrected chi connectivity index (χ4v) is 2.23. The molecule has 0 radical (unpaired) electrons. The van der Waals surface area contributed by atoms with Crippen LogP contribution in [0.4, 0.5) is 0 Å². The quantitative estimate of drug-likeness (QED) is 0.809. The predicted octanol–water partition coefficient (Wildman–Crippen LogP) is 1.41. The average Bonchev–Trinajstić information content (AvgIpc) is 2.88. The number of rotatable bonds is 4. The van der Waals surface area contributed by atoms with Crippen LogP contribution in [0.5, 0.6) is 0 Å². The Labute approximate surface area is 95.2 Å². The van der Waals surface area contributed by atoms with Gasteiger partial charge in [-0.05, 0) is 30.9 Å². The minimum Gasteiger partial charge on any atom is -0.467 e. The summed E-state index contributed by atoms with van der Waals surface area (Å²) in [6.07, 6.45) is 5.43. The summed E-state index contributed by atoms with van der Waals surface area (Å²) in [4.78, 5) is 11.6. The van der Waals surface area contributed by atoms with Crippen LogP contribution in [0.2, 0.25) is 0 Å². The highest BCUT2D eigenvalue weighted by molar-refractivity contribution is 5.76. The monoisotopic (exact) mass is 222 g/mol. The van der Waals surface area contributed by atoms with Crippen molar-refractivity contribution < 1.29 is 9.21 Å². The Morgan fingerprint density at radius 3 is 3.06 bits per heavy atom. The SMILES string of the molecule is N[C@@H]1CCC[C@H]1CC(=O)NCc1ccco1. The maximum Gasteiger partial charge on any atom is 0.220 e. The molecule has 3 N–H and O–H groups in total. The van der Waals surface area contributed by atoms with Crippen molar-refractivity contribution in [3.63, 3.8) is 0 Å². The van der Waals surface area contributed by atoms with E-state index in [0.717, 1.165) is 25.0 Å². The van der Waals surface area contributed by atoms with Crippen molar-refractivity contribution in [3.05, 3.63) is 24.2 Å². The molecule has 1 aliphatic carbocycles. The zero-order chi connectivity index (χ0) is 11.4. The van der Waals surface area contributed by atoms with Crippen LogP contribution < -0.4 is 11.1 Å². The van der Waals surface area contributed by atoms with Gasteiger partial charge in [0.2, 0.25) is 5.91 Å². The molecule has 0 aliphatic heterocycles. The minimum atomic E-state index is 0.0683. The summed E-state index contributed by atoms with van der Waals surface area (Å²) in [5, 5.41) is 2.84. The van der Waals surface area contributed by atoms with Gasteiger partial charge in [-0.25, -0.2) is 0 Å². The van der Waals surface area contributed by atoms with Crippen molar-refractivity contribution in [1.29, 1.82) is 0 Å². The molecule has 0 aromatic carbocycles. The Kier molecular flexibility index (Phi) is 3.62. The standard InChI is InChI=1S/C12H18N2O2/c13-11-5-1-3-9(11)7-12(15)14-8-10-4-2-6-16-10/h2,4,6,9,11H,1,3,5,7-8,13H2,(H,14,15)/t9-,11+/m0/s1. The van der Waals surface area contributed by atoms with Gasteiger partial charge in [0, 0.05) is 12.5 Å². The van der Waals surface area contributed by atoms with Gasteiger partial charge in [0.25, 0.3) is 0 Å². The summed E-state index contributed by atoms with van der Waals surface area (Å²) < 4.78 is 5.14. The first kappa shape index (κ1) is 11.2. The van der Waals surface area contributed by atoms with Gasteiger partial charge in [-0.3, -0.25) is 4.79 Å². The summed E-state index contributed by atoms with van der Waals surface area (Å²) in [5.74, 6) is 1.21. The molecule has 16 heavy (non-hydrogen) atoms. The topological polar surface area (TPSA) is 68.3 Å². The molecule has 4 nitrogen and oxygen atoms in total. The molecule has 1 aromatic rings. The van der Waals surface area contributed by atoms with Crippen molar-refractivity contribution >= 4 is 5.91 Å². The first-order chi connectivity index (χ1) is 7.75. The Morgan fingerprint density at radius 1 is 1.56 bits per heavy atom. The molecule has 0 saturated heterocycles. The van der Waals surface area contributed by atoms with Crippen molar-refractivity contribution in [1.82, 2.24) is 5.32 Å². The van der Waals surface area contributed by atoms with Crippen molar-refractivity contribution in [2.45, 2.75) is 38.3 Å². The maximum atomic E-state index is 11.6. The molecular formula is C12H18N2O2. The molecule has 1 aromatic heterocycles. The molecular weight excluding hydrogens is 204 g/mol. The van der Waals surface area contributed by atoms with E-state index < -0.39 is 0 Å². The lowest BCUT2D eigenvalue weighted by Gasteiger charge is -2.14. The van der Waals surface area contributed by atoms with Gasteiger partial charge in [0.15, 0.2) is 0 Å².